The molecule has 2 atom stereocenters. The van der Waals surface area contributed by atoms with E-state index in [0.29, 0.717) is 12.5 Å². The van der Waals surface area contributed by atoms with Gasteiger partial charge in [0.15, 0.2) is 0 Å². The molecule has 2 unspecified atom stereocenters. The van der Waals surface area contributed by atoms with Crippen molar-refractivity contribution in [2.75, 3.05) is 27.2 Å². The SMILES string of the molecule is CC(C)CC(CO)NC(=O)NCC(c1cccs1)N(C)C. The van der Waals surface area contributed by atoms with Crippen LogP contribution in [0, 0.1) is 5.92 Å². The number of rotatable bonds is 8. The summed E-state index contributed by atoms with van der Waals surface area (Å²) >= 11 is 1.68. The van der Waals surface area contributed by atoms with E-state index < -0.39 is 0 Å². The van der Waals surface area contributed by atoms with Crippen molar-refractivity contribution in [3.63, 3.8) is 0 Å². The van der Waals surface area contributed by atoms with Crippen molar-refractivity contribution in [3.8, 4) is 0 Å². The molecule has 0 saturated heterocycles. The number of likely N-dealkylation sites (N-methyl/N-ethyl adjacent to an activating group) is 1. The van der Waals surface area contributed by atoms with Gasteiger partial charge in [0.1, 0.15) is 0 Å². The van der Waals surface area contributed by atoms with Crippen molar-refractivity contribution >= 4 is 17.4 Å². The summed E-state index contributed by atoms with van der Waals surface area (Å²) < 4.78 is 0. The standard InChI is InChI=1S/C15H27N3O2S/c1-11(2)8-12(10-19)17-15(20)16-9-13(18(3)4)14-6-5-7-21-14/h5-7,11-13,19H,8-10H2,1-4H3,(H2,16,17,20). The second-order valence-electron chi connectivity index (χ2n) is 5.86. The van der Waals surface area contributed by atoms with E-state index in [1.807, 2.05) is 25.5 Å². The van der Waals surface area contributed by atoms with Crippen LogP contribution in [-0.4, -0.2) is 49.3 Å². The quantitative estimate of drug-likeness (QED) is 0.688. The van der Waals surface area contributed by atoms with E-state index in [1.165, 1.54) is 4.88 Å². The van der Waals surface area contributed by atoms with Gasteiger partial charge in [0, 0.05) is 11.4 Å². The summed E-state index contributed by atoms with van der Waals surface area (Å²) in [6.07, 6.45) is 0.770. The maximum absolute atomic E-state index is 11.9. The molecule has 1 aromatic rings. The topological polar surface area (TPSA) is 64.6 Å². The third-order valence-electron chi connectivity index (χ3n) is 3.26. The predicted molar refractivity (Wildman–Crippen MR) is 87.6 cm³/mol. The summed E-state index contributed by atoms with van der Waals surface area (Å²) in [4.78, 5) is 15.3. The van der Waals surface area contributed by atoms with Crippen LogP contribution in [0.15, 0.2) is 17.5 Å². The monoisotopic (exact) mass is 313 g/mol. The molecule has 0 aromatic carbocycles. The molecule has 2 amide bonds. The minimum absolute atomic E-state index is 0.0341. The van der Waals surface area contributed by atoms with Gasteiger partial charge in [0.05, 0.1) is 18.7 Å². The molecule has 0 spiro atoms. The molecule has 0 saturated carbocycles. The second-order valence-corrected chi connectivity index (χ2v) is 6.84. The first-order valence-electron chi connectivity index (χ1n) is 7.29. The average Bonchev–Trinajstić information content (AvgIpc) is 2.91. The van der Waals surface area contributed by atoms with E-state index >= 15 is 0 Å². The maximum atomic E-state index is 11.9. The first kappa shape index (κ1) is 17.9. The first-order valence-corrected chi connectivity index (χ1v) is 8.17. The van der Waals surface area contributed by atoms with Crippen LogP contribution in [-0.2, 0) is 0 Å². The van der Waals surface area contributed by atoms with Crippen molar-refractivity contribution < 1.29 is 9.90 Å². The van der Waals surface area contributed by atoms with E-state index in [4.69, 9.17) is 0 Å². The van der Waals surface area contributed by atoms with Gasteiger partial charge in [-0.15, -0.1) is 11.3 Å². The Bertz CT molecular complexity index is 407. The van der Waals surface area contributed by atoms with E-state index in [1.54, 1.807) is 11.3 Å². The third-order valence-corrected chi connectivity index (χ3v) is 4.24. The van der Waals surface area contributed by atoms with Gasteiger partial charge >= 0.3 is 6.03 Å². The van der Waals surface area contributed by atoms with Crippen LogP contribution in [0.1, 0.15) is 31.2 Å². The number of carbonyl (C=O) groups is 1. The lowest BCUT2D eigenvalue weighted by atomic mass is 10.0. The Kier molecular flexibility index (Phi) is 7.71. The van der Waals surface area contributed by atoms with Crippen LogP contribution in [0.4, 0.5) is 4.79 Å². The average molecular weight is 313 g/mol. The number of hydrogen-bond acceptors (Lipinski definition) is 4. The lowest BCUT2D eigenvalue weighted by molar-refractivity contribution is 0.203. The number of hydrogen-bond donors (Lipinski definition) is 3. The van der Waals surface area contributed by atoms with Crippen LogP contribution in [0.5, 0.6) is 0 Å². The Balaban J connectivity index is 2.46. The molecule has 0 aliphatic rings. The molecule has 5 nitrogen and oxygen atoms in total. The van der Waals surface area contributed by atoms with Crippen molar-refractivity contribution in [2.24, 2.45) is 5.92 Å². The first-order chi connectivity index (χ1) is 9.93. The summed E-state index contributed by atoms with van der Waals surface area (Å²) in [5.41, 5.74) is 0. The zero-order chi connectivity index (χ0) is 15.8. The number of nitrogens with one attached hydrogen (secondary N) is 2. The van der Waals surface area contributed by atoms with E-state index in [2.05, 4.69) is 35.4 Å². The smallest absolute Gasteiger partial charge is 0.315 e. The minimum Gasteiger partial charge on any atom is -0.394 e. The molecule has 0 fully saturated rings. The second kappa shape index (κ2) is 9.02. The van der Waals surface area contributed by atoms with Crippen LogP contribution in [0.25, 0.3) is 0 Å². The van der Waals surface area contributed by atoms with Crippen molar-refractivity contribution in [1.82, 2.24) is 15.5 Å². The van der Waals surface area contributed by atoms with Crippen LogP contribution >= 0.6 is 11.3 Å². The highest BCUT2D eigenvalue weighted by atomic mass is 32.1. The summed E-state index contributed by atoms with van der Waals surface area (Å²) in [6, 6.07) is 3.83. The van der Waals surface area contributed by atoms with E-state index in [-0.39, 0.29) is 24.7 Å². The zero-order valence-electron chi connectivity index (χ0n) is 13.3. The van der Waals surface area contributed by atoms with Gasteiger partial charge in [0.25, 0.3) is 0 Å². The Morgan fingerprint density at radius 1 is 1.43 bits per heavy atom. The molecule has 0 bridgehead atoms. The van der Waals surface area contributed by atoms with E-state index in [9.17, 15) is 9.90 Å². The number of nitrogens with zero attached hydrogens (tertiary/aromatic N) is 1. The maximum Gasteiger partial charge on any atom is 0.315 e. The third kappa shape index (κ3) is 6.46. The molecular weight excluding hydrogens is 286 g/mol. The highest BCUT2D eigenvalue weighted by Crippen LogP contribution is 2.22. The van der Waals surface area contributed by atoms with Gasteiger partial charge in [-0.25, -0.2) is 4.79 Å². The number of amides is 2. The van der Waals surface area contributed by atoms with Crippen molar-refractivity contribution in [1.29, 1.82) is 0 Å². The Morgan fingerprint density at radius 3 is 2.62 bits per heavy atom. The fraction of sp³-hybridized carbons (Fsp3) is 0.667. The highest BCUT2D eigenvalue weighted by molar-refractivity contribution is 7.10. The summed E-state index contributed by atoms with van der Waals surface area (Å²) in [7, 11) is 4.00. The Hall–Kier alpha value is -1.11. The molecule has 0 aliphatic heterocycles. The van der Waals surface area contributed by atoms with Gasteiger partial charge in [-0.3, -0.25) is 0 Å². The Labute approximate surface area is 131 Å². The number of urea groups is 1. The molecule has 6 heteroatoms. The van der Waals surface area contributed by atoms with Crippen molar-refractivity contribution in [2.45, 2.75) is 32.4 Å². The number of aliphatic hydroxyl groups is 1. The lowest BCUT2D eigenvalue weighted by Crippen LogP contribution is -2.46. The number of thiophene rings is 1. The summed E-state index contributed by atoms with van der Waals surface area (Å²) in [5.74, 6) is 0.433. The molecule has 21 heavy (non-hydrogen) atoms. The summed E-state index contributed by atoms with van der Waals surface area (Å²) in [5, 5.41) is 17.0. The van der Waals surface area contributed by atoms with Gasteiger partial charge in [-0.1, -0.05) is 19.9 Å². The van der Waals surface area contributed by atoms with Crippen LogP contribution < -0.4 is 10.6 Å². The highest BCUT2D eigenvalue weighted by Gasteiger charge is 2.17. The van der Waals surface area contributed by atoms with Crippen LogP contribution in [0.2, 0.25) is 0 Å². The number of carbonyl (C=O) groups excluding carboxylic acids is 1. The zero-order valence-corrected chi connectivity index (χ0v) is 14.1. The molecule has 1 rings (SSSR count). The van der Waals surface area contributed by atoms with Gasteiger partial charge < -0.3 is 20.6 Å². The lowest BCUT2D eigenvalue weighted by Gasteiger charge is -2.24. The number of aliphatic hydroxyl groups excluding tert-OH is 1. The van der Waals surface area contributed by atoms with E-state index in [0.717, 1.165) is 6.42 Å². The largest absolute Gasteiger partial charge is 0.394 e. The molecule has 0 radical (unpaired) electrons. The molecule has 1 heterocycles. The van der Waals surface area contributed by atoms with Gasteiger partial charge in [0.2, 0.25) is 0 Å². The summed E-state index contributed by atoms with van der Waals surface area (Å²) in [6.45, 7) is 4.65. The normalized spacial score (nSPS) is 14.2. The molecule has 120 valence electrons. The molecule has 1 aromatic heterocycles. The Morgan fingerprint density at radius 2 is 2.14 bits per heavy atom. The van der Waals surface area contributed by atoms with Gasteiger partial charge in [-0.05, 0) is 37.9 Å². The predicted octanol–water partition coefficient (Wildman–Crippen LogP) is 2.06. The van der Waals surface area contributed by atoms with Crippen molar-refractivity contribution in [3.05, 3.63) is 22.4 Å². The van der Waals surface area contributed by atoms with Crippen LogP contribution in [0.3, 0.4) is 0 Å². The van der Waals surface area contributed by atoms with Gasteiger partial charge in [-0.2, -0.15) is 0 Å². The molecule has 0 aliphatic carbocycles. The fourth-order valence-corrected chi connectivity index (χ4v) is 3.12. The fourth-order valence-electron chi connectivity index (χ4n) is 2.19. The molecule has 3 N–H and O–H groups in total. The molecular formula is C15H27N3O2S. The minimum atomic E-state index is -0.224.